The van der Waals surface area contributed by atoms with Gasteiger partial charge in [0.25, 0.3) is 5.91 Å². The van der Waals surface area contributed by atoms with Gasteiger partial charge >= 0.3 is 0 Å². The standard InChI is InChI=1S/C28H32FN3O5S2/c1-38(34,35)30-20-3-5-23-21(13-20)27(10-8-26(6-7-26)9-11-27)17-32(23)25(33)19-2-4-22(29)24(12-19)39(36,37)31-28-14-18(15-28)16-28/h2-5,12-13,18,30-31H,6-11,14-17H2,1H3. The van der Waals surface area contributed by atoms with Crippen LogP contribution in [0.3, 0.4) is 0 Å². The largest absolute Gasteiger partial charge is 0.307 e. The number of hydrogen-bond acceptors (Lipinski definition) is 5. The molecule has 2 bridgehead atoms. The maximum absolute atomic E-state index is 14.8. The molecule has 1 heterocycles. The Balaban J connectivity index is 1.23. The van der Waals surface area contributed by atoms with Gasteiger partial charge in [0, 0.05) is 34.4 Å². The van der Waals surface area contributed by atoms with E-state index < -0.39 is 42.2 Å². The van der Waals surface area contributed by atoms with E-state index in [4.69, 9.17) is 0 Å². The van der Waals surface area contributed by atoms with E-state index >= 15 is 0 Å². The Bertz CT molecular complexity index is 1610. The highest BCUT2D eigenvalue weighted by Crippen LogP contribution is 2.62. The third-order valence-electron chi connectivity index (χ3n) is 9.95. The molecule has 5 aliphatic carbocycles. The molecule has 0 saturated heterocycles. The first-order valence-electron chi connectivity index (χ1n) is 13.6. The number of nitrogens with one attached hydrogen (secondary N) is 2. The van der Waals surface area contributed by atoms with Crippen LogP contribution in [-0.2, 0) is 25.5 Å². The summed E-state index contributed by atoms with van der Waals surface area (Å²) in [5.74, 6) is -0.733. The lowest BCUT2D eigenvalue weighted by molar-refractivity contribution is -0.0318. The molecule has 1 aliphatic heterocycles. The number of amides is 1. The summed E-state index contributed by atoms with van der Waals surface area (Å²) in [6.45, 7) is 0.418. The van der Waals surface area contributed by atoms with Crippen LogP contribution < -0.4 is 14.3 Å². The number of nitrogens with zero attached hydrogens (tertiary/aromatic N) is 1. The molecule has 5 fully saturated rings. The van der Waals surface area contributed by atoms with E-state index in [1.807, 2.05) is 6.07 Å². The molecule has 2 spiro atoms. The van der Waals surface area contributed by atoms with E-state index in [2.05, 4.69) is 9.44 Å². The Labute approximate surface area is 228 Å². The Kier molecular flexibility index (Phi) is 5.25. The fourth-order valence-electron chi connectivity index (χ4n) is 7.43. The molecule has 0 aromatic heterocycles. The summed E-state index contributed by atoms with van der Waals surface area (Å²) in [6, 6.07) is 8.76. The second-order valence-corrected chi connectivity index (χ2v) is 16.2. The lowest BCUT2D eigenvalue weighted by atomic mass is 9.50. The molecule has 0 unspecified atom stereocenters. The van der Waals surface area contributed by atoms with Crippen molar-refractivity contribution in [3.8, 4) is 0 Å². The predicted molar refractivity (Wildman–Crippen MR) is 145 cm³/mol. The van der Waals surface area contributed by atoms with Crippen molar-refractivity contribution < 1.29 is 26.0 Å². The van der Waals surface area contributed by atoms with Crippen molar-refractivity contribution in [2.24, 2.45) is 11.3 Å². The maximum atomic E-state index is 14.8. The van der Waals surface area contributed by atoms with Crippen LogP contribution in [0.25, 0.3) is 0 Å². The van der Waals surface area contributed by atoms with Crippen molar-refractivity contribution in [1.29, 1.82) is 0 Å². The van der Waals surface area contributed by atoms with Gasteiger partial charge in [-0.25, -0.2) is 25.9 Å². The molecule has 2 aromatic carbocycles. The number of hydrogen-bond donors (Lipinski definition) is 2. The first kappa shape index (κ1) is 25.5. The summed E-state index contributed by atoms with van der Waals surface area (Å²) in [4.78, 5) is 15.1. The number of rotatable bonds is 6. The van der Waals surface area contributed by atoms with Gasteiger partial charge in [0.1, 0.15) is 10.7 Å². The zero-order valence-electron chi connectivity index (χ0n) is 21.8. The van der Waals surface area contributed by atoms with Gasteiger partial charge in [0.15, 0.2) is 0 Å². The van der Waals surface area contributed by atoms with Gasteiger partial charge in [-0.3, -0.25) is 9.52 Å². The number of carbonyl (C=O) groups excluding carboxylic acids is 1. The van der Waals surface area contributed by atoms with Crippen molar-refractivity contribution in [3.63, 3.8) is 0 Å². The molecule has 1 amide bonds. The summed E-state index contributed by atoms with van der Waals surface area (Å²) in [5.41, 5.74) is 1.81. The molecule has 8 rings (SSSR count). The minimum atomic E-state index is -4.13. The molecule has 0 atom stereocenters. The monoisotopic (exact) mass is 573 g/mol. The zero-order chi connectivity index (χ0) is 27.4. The average molecular weight is 574 g/mol. The quantitative estimate of drug-likeness (QED) is 0.536. The van der Waals surface area contributed by atoms with Gasteiger partial charge in [-0.15, -0.1) is 0 Å². The van der Waals surface area contributed by atoms with Crippen molar-refractivity contribution in [3.05, 3.63) is 53.3 Å². The molecule has 39 heavy (non-hydrogen) atoms. The number of fused-ring (bicyclic) bond motifs is 2. The van der Waals surface area contributed by atoms with Gasteiger partial charge in [-0.2, -0.15) is 0 Å². The van der Waals surface area contributed by atoms with Crippen LogP contribution in [0.15, 0.2) is 41.3 Å². The molecule has 5 saturated carbocycles. The van der Waals surface area contributed by atoms with E-state index in [0.717, 1.165) is 68.9 Å². The Morgan fingerprint density at radius 3 is 2.21 bits per heavy atom. The molecule has 2 N–H and O–H groups in total. The summed E-state index contributed by atoms with van der Waals surface area (Å²) < 4.78 is 70.1. The highest BCUT2D eigenvalue weighted by molar-refractivity contribution is 7.92. The van der Waals surface area contributed by atoms with Crippen LogP contribution in [0.4, 0.5) is 15.8 Å². The van der Waals surface area contributed by atoms with Gasteiger partial charge in [-0.1, -0.05) is 0 Å². The summed E-state index contributed by atoms with van der Waals surface area (Å²) in [6.07, 6.45) is 9.80. The summed E-state index contributed by atoms with van der Waals surface area (Å²) in [7, 11) is -7.61. The number of anilines is 2. The predicted octanol–water partition coefficient (Wildman–Crippen LogP) is 4.28. The number of halogens is 1. The molecular formula is C28H32FN3O5S2. The number of sulfonamides is 2. The summed E-state index contributed by atoms with van der Waals surface area (Å²) >= 11 is 0. The van der Waals surface area contributed by atoms with Crippen LogP contribution in [-0.4, -0.2) is 41.1 Å². The topological polar surface area (TPSA) is 113 Å². The lowest BCUT2D eigenvalue weighted by Gasteiger charge is -2.61. The van der Waals surface area contributed by atoms with E-state index in [1.54, 1.807) is 17.0 Å². The SMILES string of the molecule is CS(=O)(=O)Nc1ccc2c(c1)C1(CCC3(CC3)CC1)CN2C(=O)c1ccc(F)c(S(=O)(=O)NC23CC(C2)C3)c1. The highest BCUT2D eigenvalue weighted by atomic mass is 32.2. The third-order valence-corrected chi connectivity index (χ3v) is 12.1. The minimum Gasteiger partial charge on any atom is -0.307 e. The molecular weight excluding hydrogens is 541 g/mol. The Hall–Kier alpha value is -2.50. The van der Waals surface area contributed by atoms with E-state index in [9.17, 15) is 26.0 Å². The highest BCUT2D eigenvalue weighted by Gasteiger charge is 2.58. The molecule has 11 heteroatoms. The molecule has 208 valence electrons. The number of benzene rings is 2. The van der Waals surface area contributed by atoms with E-state index in [0.29, 0.717) is 29.3 Å². The van der Waals surface area contributed by atoms with Crippen molar-refractivity contribution in [1.82, 2.24) is 4.72 Å². The smallest absolute Gasteiger partial charge is 0.258 e. The van der Waals surface area contributed by atoms with Gasteiger partial charge in [-0.05, 0) is 111 Å². The third kappa shape index (κ3) is 4.19. The average Bonchev–Trinajstić information content (AvgIpc) is 3.52. The molecule has 6 aliphatic rings. The second kappa shape index (κ2) is 8.04. The van der Waals surface area contributed by atoms with Crippen LogP contribution in [0.5, 0.6) is 0 Å². The van der Waals surface area contributed by atoms with Gasteiger partial charge in [0.05, 0.1) is 6.26 Å². The molecule has 0 radical (unpaired) electrons. The van der Waals surface area contributed by atoms with Crippen molar-refractivity contribution >= 4 is 37.3 Å². The van der Waals surface area contributed by atoms with E-state index in [1.165, 1.54) is 18.9 Å². The van der Waals surface area contributed by atoms with Crippen LogP contribution in [0.1, 0.15) is 73.7 Å². The van der Waals surface area contributed by atoms with Crippen molar-refractivity contribution in [2.75, 3.05) is 22.4 Å². The van der Waals surface area contributed by atoms with Gasteiger partial charge < -0.3 is 4.90 Å². The van der Waals surface area contributed by atoms with E-state index in [-0.39, 0.29) is 11.0 Å². The fraction of sp³-hybridized carbons (Fsp3) is 0.536. The van der Waals surface area contributed by atoms with Crippen LogP contribution in [0.2, 0.25) is 0 Å². The summed E-state index contributed by atoms with van der Waals surface area (Å²) in [5, 5.41) is 0. The van der Waals surface area contributed by atoms with Gasteiger partial charge in [0.2, 0.25) is 20.0 Å². The Morgan fingerprint density at radius 2 is 1.62 bits per heavy atom. The normalized spacial score (nSPS) is 27.5. The van der Waals surface area contributed by atoms with Crippen molar-refractivity contribution in [2.45, 2.75) is 73.6 Å². The fourth-order valence-corrected chi connectivity index (χ4v) is 9.52. The zero-order valence-corrected chi connectivity index (χ0v) is 23.4. The number of carbonyl (C=O) groups is 1. The minimum absolute atomic E-state index is 0.102. The maximum Gasteiger partial charge on any atom is 0.258 e. The van der Waals surface area contributed by atoms with Crippen LogP contribution in [0, 0.1) is 17.2 Å². The molecule has 8 nitrogen and oxygen atoms in total. The second-order valence-electron chi connectivity index (χ2n) is 12.8. The molecule has 2 aromatic rings. The van der Waals surface area contributed by atoms with Crippen LogP contribution >= 0.6 is 0 Å². The lowest BCUT2D eigenvalue weighted by Crippen LogP contribution is -2.68. The Morgan fingerprint density at radius 1 is 0.949 bits per heavy atom. The first-order valence-corrected chi connectivity index (χ1v) is 17.0. The first-order chi connectivity index (χ1) is 18.3.